The standard InChI is InChI=1S/C22H23N5O5S/c1-13(2)25-33(30,31)15-10-9-14(3)17(11-15)21(29)32-12-19-23-24-22-26(4)20(28)16-7-5-6-8-18(16)27(19)22/h5-11,13,25H,12H2,1-4H3. The summed E-state index contributed by atoms with van der Waals surface area (Å²) in [7, 11) is -2.18. The Hall–Kier alpha value is -3.57. The van der Waals surface area contributed by atoms with E-state index in [1.807, 2.05) is 0 Å². The molecule has 0 amide bonds. The van der Waals surface area contributed by atoms with Gasteiger partial charge in [-0.1, -0.05) is 18.2 Å². The predicted molar refractivity (Wildman–Crippen MR) is 121 cm³/mol. The minimum atomic E-state index is -3.77. The number of fused-ring (bicyclic) bond motifs is 3. The van der Waals surface area contributed by atoms with Crippen LogP contribution in [0.3, 0.4) is 0 Å². The molecular formula is C22H23N5O5S. The molecule has 0 bridgehead atoms. The molecule has 11 heteroatoms. The van der Waals surface area contributed by atoms with Gasteiger partial charge in [-0.25, -0.2) is 17.9 Å². The van der Waals surface area contributed by atoms with Crippen molar-refractivity contribution in [2.24, 2.45) is 7.05 Å². The lowest BCUT2D eigenvalue weighted by Gasteiger charge is -2.12. The number of hydrogen-bond donors (Lipinski definition) is 1. The third kappa shape index (κ3) is 4.12. The molecule has 0 aliphatic rings. The van der Waals surface area contributed by atoms with Gasteiger partial charge in [-0.2, -0.15) is 0 Å². The number of aromatic nitrogens is 4. The number of para-hydroxylation sites is 1. The Morgan fingerprint density at radius 2 is 1.88 bits per heavy atom. The van der Waals surface area contributed by atoms with Gasteiger partial charge in [0.25, 0.3) is 5.56 Å². The van der Waals surface area contributed by atoms with E-state index in [1.54, 1.807) is 62.6 Å². The van der Waals surface area contributed by atoms with E-state index in [2.05, 4.69) is 14.9 Å². The maximum absolute atomic E-state index is 12.8. The number of nitrogens with one attached hydrogen (secondary N) is 1. The lowest BCUT2D eigenvalue weighted by atomic mass is 10.1. The molecule has 0 radical (unpaired) electrons. The highest BCUT2D eigenvalue weighted by molar-refractivity contribution is 7.89. The monoisotopic (exact) mass is 469 g/mol. The number of sulfonamides is 1. The first kappa shape index (κ1) is 22.6. The van der Waals surface area contributed by atoms with Crippen molar-refractivity contribution >= 4 is 32.7 Å². The van der Waals surface area contributed by atoms with E-state index in [0.29, 0.717) is 28.1 Å². The smallest absolute Gasteiger partial charge is 0.338 e. The van der Waals surface area contributed by atoms with Gasteiger partial charge >= 0.3 is 5.97 Å². The third-order valence-electron chi connectivity index (χ3n) is 5.16. The normalized spacial score (nSPS) is 12.0. The van der Waals surface area contributed by atoms with E-state index in [4.69, 9.17) is 4.74 Å². The fourth-order valence-corrected chi connectivity index (χ4v) is 4.84. The van der Waals surface area contributed by atoms with Gasteiger partial charge in [0.1, 0.15) is 0 Å². The first-order valence-electron chi connectivity index (χ1n) is 10.2. The average molecular weight is 470 g/mol. The summed E-state index contributed by atoms with van der Waals surface area (Å²) in [6.45, 7) is 4.90. The molecule has 0 atom stereocenters. The molecule has 2 aromatic heterocycles. The molecule has 4 aromatic rings. The van der Waals surface area contributed by atoms with E-state index >= 15 is 0 Å². The quantitative estimate of drug-likeness (QED) is 0.428. The molecule has 172 valence electrons. The first-order valence-corrected chi connectivity index (χ1v) is 11.7. The molecule has 0 aliphatic heterocycles. The number of carbonyl (C=O) groups is 1. The van der Waals surface area contributed by atoms with Crippen LogP contribution in [0.25, 0.3) is 16.7 Å². The Balaban J connectivity index is 1.67. The molecule has 0 spiro atoms. The van der Waals surface area contributed by atoms with Crippen LogP contribution in [0, 0.1) is 6.92 Å². The zero-order chi connectivity index (χ0) is 23.9. The van der Waals surface area contributed by atoms with Crippen molar-refractivity contribution in [3.8, 4) is 0 Å². The SMILES string of the molecule is Cc1ccc(S(=O)(=O)NC(C)C)cc1C(=O)OCc1nnc2n(C)c(=O)c3ccccc3n12. The lowest BCUT2D eigenvalue weighted by Crippen LogP contribution is -2.30. The van der Waals surface area contributed by atoms with Crippen LogP contribution in [0.15, 0.2) is 52.2 Å². The van der Waals surface area contributed by atoms with E-state index in [0.717, 1.165) is 0 Å². The van der Waals surface area contributed by atoms with Crippen LogP contribution < -0.4 is 10.3 Å². The van der Waals surface area contributed by atoms with Gasteiger partial charge < -0.3 is 4.74 Å². The molecule has 0 saturated carbocycles. The molecule has 0 unspecified atom stereocenters. The zero-order valence-electron chi connectivity index (χ0n) is 18.6. The minimum Gasteiger partial charge on any atom is -0.454 e. The Kier molecular flexibility index (Phi) is 5.76. The fourth-order valence-electron chi connectivity index (χ4n) is 3.56. The van der Waals surface area contributed by atoms with Crippen molar-refractivity contribution in [1.82, 2.24) is 23.9 Å². The second-order valence-corrected chi connectivity index (χ2v) is 9.68. The maximum Gasteiger partial charge on any atom is 0.338 e. The van der Waals surface area contributed by atoms with Crippen molar-refractivity contribution in [3.63, 3.8) is 0 Å². The van der Waals surface area contributed by atoms with Gasteiger partial charge in [-0.05, 0) is 50.6 Å². The predicted octanol–water partition coefficient (Wildman–Crippen LogP) is 1.93. The highest BCUT2D eigenvalue weighted by atomic mass is 32.2. The van der Waals surface area contributed by atoms with Crippen LogP contribution in [0.1, 0.15) is 35.6 Å². The zero-order valence-corrected chi connectivity index (χ0v) is 19.4. The van der Waals surface area contributed by atoms with Crippen LogP contribution in [-0.4, -0.2) is 39.6 Å². The summed E-state index contributed by atoms with van der Waals surface area (Å²) in [5.74, 6) is -0.0539. The Bertz CT molecular complexity index is 1550. The Morgan fingerprint density at radius 1 is 1.15 bits per heavy atom. The molecule has 1 N–H and O–H groups in total. The van der Waals surface area contributed by atoms with Crippen molar-refractivity contribution in [2.75, 3.05) is 0 Å². The van der Waals surface area contributed by atoms with Gasteiger partial charge in [-0.3, -0.25) is 13.8 Å². The summed E-state index contributed by atoms with van der Waals surface area (Å²) >= 11 is 0. The average Bonchev–Trinajstić information content (AvgIpc) is 3.19. The second kappa shape index (κ2) is 8.41. The number of hydrogen-bond acceptors (Lipinski definition) is 7. The van der Waals surface area contributed by atoms with Crippen molar-refractivity contribution in [2.45, 2.75) is 38.3 Å². The number of rotatable bonds is 6. The molecule has 10 nitrogen and oxygen atoms in total. The summed E-state index contributed by atoms with van der Waals surface area (Å²) < 4.78 is 36.0. The summed E-state index contributed by atoms with van der Waals surface area (Å²) in [5, 5.41) is 8.64. The molecule has 2 heterocycles. The van der Waals surface area contributed by atoms with Crippen LogP contribution in [0.2, 0.25) is 0 Å². The van der Waals surface area contributed by atoms with Gasteiger partial charge in [-0.15, -0.1) is 10.2 Å². The van der Waals surface area contributed by atoms with Gasteiger partial charge in [0.05, 0.1) is 21.4 Å². The first-order chi connectivity index (χ1) is 15.6. The topological polar surface area (TPSA) is 125 Å². The number of carbonyl (C=O) groups excluding carboxylic acids is 1. The highest BCUT2D eigenvalue weighted by Crippen LogP contribution is 2.19. The largest absolute Gasteiger partial charge is 0.454 e. The summed E-state index contributed by atoms with van der Waals surface area (Å²) in [5.41, 5.74) is 1.09. The minimum absolute atomic E-state index is 0.0253. The van der Waals surface area contributed by atoms with Gasteiger partial charge in [0.15, 0.2) is 12.4 Å². The van der Waals surface area contributed by atoms with E-state index < -0.39 is 16.0 Å². The highest BCUT2D eigenvalue weighted by Gasteiger charge is 2.21. The molecule has 33 heavy (non-hydrogen) atoms. The van der Waals surface area contributed by atoms with Crippen LogP contribution >= 0.6 is 0 Å². The van der Waals surface area contributed by atoms with Crippen molar-refractivity contribution in [3.05, 3.63) is 69.8 Å². The molecule has 2 aromatic carbocycles. The third-order valence-corrected chi connectivity index (χ3v) is 6.81. The second-order valence-electron chi connectivity index (χ2n) is 7.96. The Labute approximate surface area is 189 Å². The van der Waals surface area contributed by atoms with E-state index in [1.165, 1.54) is 16.7 Å². The number of aryl methyl sites for hydroxylation is 2. The molecule has 4 rings (SSSR count). The van der Waals surface area contributed by atoms with Crippen molar-refractivity contribution in [1.29, 1.82) is 0 Å². The van der Waals surface area contributed by atoms with Crippen LogP contribution in [0.4, 0.5) is 0 Å². The molecule has 0 fully saturated rings. The van der Waals surface area contributed by atoms with E-state index in [-0.39, 0.29) is 28.7 Å². The maximum atomic E-state index is 12.8. The lowest BCUT2D eigenvalue weighted by molar-refractivity contribution is 0.0460. The molecule has 0 saturated heterocycles. The fraction of sp³-hybridized carbons (Fsp3) is 0.273. The molecule has 0 aliphatic carbocycles. The van der Waals surface area contributed by atoms with Gasteiger partial charge in [0.2, 0.25) is 15.8 Å². The number of benzene rings is 2. The van der Waals surface area contributed by atoms with Gasteiger partial charge in [0, 0.05) is 13.1 Å². The summed E-state index contributed by atoms with van der Waals surface area (Å²) in [4.78, 5) is 25.4. The molecular weight excluding hydrogens is 446 g/mol. The number of nitrogens with zero attached hydrogens (tertiary/aromatic N) is 4. The number of ether oxygens (including phenoxy) is 1. The van der Waals surface area contributed by atoms with Crippen LogP contribution in [-0.2, 0) is 28.4 Å². The van der Waals surface area contributed by atoms with Crippen LogP contribution in [0.5, 0.6) is 0 Å². The summed E-state index contributed by atoms with van der Waals surface area (Å²) in [6, 6.07) is 11.0. The summed E-state index contributed by atoms with van der Waals surface area (Å²) in [6.07, 6.45) is 0. The Morgan fingerprint density at radius 3 is 2.61 bits per heavy atom. The van der Waals surface area contributed by atoms with E-state index in [9.17, 15) is 18.0 Å². The van der Waals surface area contributed by atoms with Crippen molar-refractivity contribution < 1.29 is 17.9 Å². The number of esters is 1.